The fraction of sp³-hybridized carbons (Fsp3) is 0.375. The Morgan fingerprint density at radius 1 is 1.10 bits per heavy atom. The van der Waals surface area contributed by atoms with Crippen molar-refractivity contribution in [2.45, 2.75) is 34.2 Å². The monoisotopic (exact) mass is 273 g/mol. The molecule has 0 radical (unpaired) electrons. The Kier molecular flexibility index (Phi) is 6.50. The molecule has 4 heteroatoms. The fourth-order valence-electron chi connectivity index (χ4n) is 1.56. The number of rotatable bonds is 4. The van der Waals surface area contributed by atoms with Crippen molar-refractivity contribution in [2.24, 2.45) is 0 Å². The fourth-order valence-corrected chi connectivity index (χ4v) is 1.56. The Morgan fingerprint density at radius 2 is 1.85 bits per heavy atom. The van der Waals surface area contributed by atoms with E-state index in [9.17, 15) is 0 Å². The first-order valence-corrected chi connectivity index (χ1v) is 6.86. The molecule has 0 aliphatic heterocycles. The van der Waals surface area contributed by atoms with Gasteiger partial charge in [0.25, 0.3) is 0 Å². The van der Waals surface area contributed by atoms with Crippen LogP contribution in [0.2, 0.25) is 0 Å². The number of aryl methyl sites for hydroxylation is 2. The summed E-state index contributed by atoms with van der Waals surface area (Å²) in [4.78, 5) is 8.62. The van der Waals surface area contributed by atoms with Crippen LogP contribution in [0, 0.1) is 13.8 Å². The van der Waals surface area contributed by atoms with Gasteiger partial charge in [-0.2, -0.15) is 0 Å². The summed E-state index contributed by atoms with van der Waals surface area (Å²) >= 11 is 0. The van der Waals surface area contributed by atoms with E-state index < -0.39 is 0 Å². The molecule has 0 amide bonds. The predicted molar refractivity (Wildman–Crippen MR) is 83.2 cm³/mol. The Hall–Kier alpha value is -2.10. The van der Waals surface area contributed by atoms with E-state index >= 15 is 0 Å². The summed E-state index contributed by atoms with van der Waals surface area (Å²) in [6.07, 6.45) is 1.80. The minimum atomic E-state index is 0.628. The highest BCUT2D eigenvalue weighted by Gasteiger charge is 1.99. The van der Waals surface area contributed by atoms with E-state index in [4.69, 9.17) is 4.74 Å². The van der Waals surface area contributed by atoms with Crippen molar-refractivity contribution in [1.29, 1.82) is 0 Å². The molecule has 0 bridgehead atoms. The molecule has 108 valence electrons. The summed E-state index contributed by atoms with van der Waals surface area (Å²) in [6.45, 7) is 8.77. The third-order valence-corrected chi connectivity index (χ3v) is 2.83. The summed E-state index contributed by atoms with van der Waals surface area (Å²) in [5.74, 6) is 1.51. The van der Waals surface area contributed by atoms with E-state index in [1.54, 1.807) is 13.3 Å². The van der Waals surface area contributed by atoms with Gasteiger partial charge in [-0.25, -0.2) is 9.97 Å². The van der Waals surface area contributed by atoms with E-state index in [0.29, 0.717) is 12.4 Å². The summed E-state index contributed by atoms with van der Waals surface area (Å²) in [5, 5.41) is 3.27. The second-order valence-electron chi connectivity index (χ2n) is 4.16. The predicted octanol–water partition coefficient (Wildman–Crippen LogP) is 3.74. The second kappa shape index (κ2) is 8.15. The molecule has 0 aliphatic rings. The Morgan fingerprint density at radius 3 is 2.40 bits per heavy atom. The van der Waals surface area contributed by atoms with E-state index in [1.807, 2.05) is 39.0 Å². The molecule has 0 aliphatic carbocycles. The zero-order chi connectivity index (χ0) is 15.0. The van der Waals surface area contributed by atoms with Gasteiger partial charge >= 0.3 is 0 Å². The molecule has 2 aromatic heterocycles. The quantitative estimate of drug-likeness (QED) is 0.921. The van der Waals surface area contributed by atoms with Gasteiger partial charge in [-0.3, -0.25) is 0 Å². The summed E-state index contributed by atoms with van der Waals surface area (Å²) < 4.78 is 5.02. The SMILES string of the molecule is CC.COc1ccc(CNc2ccc(C)c(C)n2)cn1. The normalized spacial score (nSPS) is 9.45. The minimum absolute atomic E-state index is 0.628. The van der Waals surface area contributed by atoms with Gasteiger partial charge in [0.05, 0.1) is 7.11 Å². The molecule has 2 rings (SSSR count). The molecule has 0 unspecified atom stereocenters. The maximum Gasteiger partial charge on any atom is 0.212 e. The number of aromatic nitrogens is 2. The van der Waals surface area contributed by atoms with Crippen molar-refractivity contribution in [3.8, 4) is 5.88 Å². The molecule has 0 saturated carbocycles. The van der Waals surface area contributed by atoms with Gasteiger partial charge in [-0.1, -0.05) is 26.0 Å². The number of nitrogens with one attached hydrogen (secondary N) is 1. The number of methoxy groups -OCH3 is 1. The first kappa shape index (κ1) is 16.0. The number of nitrogens with zero attached hydrogens (tertiary/aromatic N) is 2. The van der Waals surface area contributed by atoms with Crippen LogP contribution in [0.5, 0.6) is 5.88 Å². The van der Waals surface area contributed by atoms with Crippen LogP contribution in [-0.4, -0.2) is 17.1 Å². The molecule has 0 atom stereocenters. The molecule has 0 saturated heterocycles. The first-order valence-electron chi connectivity index (χ1n) is 6.86. The third kappa shape index (κ3) is 4.53. The van der Waals surface area contributed by atoms with Crippen molar-refractivity contribution in [1.82, 2.24) is 9.97 Å². The van der Waals surface area contributed by atoms with Crippen molar-refractivity contribution in [2.75, 3.05) is 12.4 Å². The van der Waals surface area contributed by atoms with Gasteiger partial charge in [0.2, 0.25) is 5.88 Å². The lowest BCUT2D eigenvalue weighted by atomic mass is 10.2. The van der Waals surface area contributed by atoms with Gasteiger partial charge in [0.15, 0.2) is 0 Å². The summed E-state index contributed by atoms with van der Waals surface area (Å²) in [5.41, 5.74) is 3.34. The van der Waals surface area contributed by atoms with Crippen LogP contribution in [0.25, 0.3) is 0 Å². The first-order chi connectivity index (χ1) is 9.69. The van der Waals surface area contributed by atoms with Gasteiger partial charge in [0.1, 0.15) is 5.82 Å². The van der Waals surface area contributed by atoms with E-state index in [0.717, 1.165) is 17.1 Å². The molecular weight excluding hydrogens is 250 g/mol. The van der Waals surface area contributed by atoms with E-state index in [1.165, 1.54) is 5.56 Å². The van der Waals surface area contributed by atoms with Crippen LogP contribution in [0.3, 0.4) is 0 Å². The summed E-state index contributed by atoms with van der Waals surface area (Å²) in [6, 6.07) is 7.89. The molecule has 0 aromatic carbocycles. The van der Waals surface area contributed by atoms with Gasteiger partial charge in [0, 0.05) is 24.5 Å². The van der Waals surface area contributed by atoms with Crippen LogP contribution in [-0.2, 0) is 6.54 Å². The Balaban J connectivity index is 0.000000956. The van der Waals surface area contributed by atoms with Crippen LogP contribution < -0.4 is 10.1 Å². The van der Waals surface area contributed by atoms with Crippen LogP contribution in [0.15, 0.2) is 30.5 Å². The van der Waals surface area contributed by atoms with Crippen molar-refractivity contribution < 1.29 is 4.74 Å². The van der Waals surface area contributed by atoms with Crippen molar-refractivity contribution in [3.63, 3.8) is 0 Å². The van der Waals surface area contributed by atoms with Crippen molar-refractivity contribution in [3.05, 3.63) is 47.3 Å². The van der Waals surface area contributed by atoms with Gasteiger partial charge < -0.3 is 10.1 Å². The molecule has 0 fully saturated rings. The average Bonchev–Trinajstić information content (AvgIpc) is 2.51. The topological polar surface area (TPSA) is 47.0 Å². The lowest BCUT2D eigenvalue weighted by Gasteiger charge is -2.08. The lowest BCUT2D eigenvalue weighted by Crippen LogP contribution is -2.03. The number of anilines is 1. The van der Waals surface area contributed by atoms with E-state index in [2.05, 4.69) is 28.3 Å². The molecule has 20 heavy (non-hydrogen) atoms. The zero-order valence-corrected chi connectivity index (χ0v) is 12.9. The zero-order valence-electron chi connectivity index (χ0n) is 12.9. The largest absolute Gasteiger partial charge is 0.481 e. The number of hydrogen-bond acceptors (Lipinski definition) is 4. The lowest BCUT2D eigenvalue weighted by molar-refractivity contribution is 0.397. The Bertz CT molecular complexity index is 524. The third-order valence-electron chi connectivity index (χ3n) is 2.83. The van der Waals surface area contributed by atoms with Gasteiger partial charge in [-0.15, -0.1) is 0 Å². The molecule has 1 N–H and O–H groups in total. The summed E-state index contributed by atoms with van der Waals surface area (Å²) in [7, 11) is 1.61. The van der Waals surface area contributed by atoms with E-state index in [-0.39, 0.29) is 0 Å². The minimum Gasteiger partial charge on any atom is -0.481 e. The van der Waals surface area contributed by atoms with Crippen LogP contribution in [0.4, 0.5) is 5.82 Å². The Labute approximate surface area is 121 Å². The number of ether oxygens (including phenoxy) is 1. The maximum atomic E-state index is 5.02. The number of pyridine rings is 2. The highest BCUT2D eigenvalue weighted by atomic mass is 16.5. The molecule has 4 nitrogen and oxygen atoms in total. The second-order valence-corrected chi connectivity index (χ2v) is 4.16. The van der Waals surface area contributed by atoms with Crippen molar-refractivity contribution >= 4 is 5.82 Å². The molecule has 2 heterocycles. The molecule has 0 spiro atoms. The molecular formula is C16H23N3O. The smallest absolute Gasteiger partial charge is 0.212 e. The van der Waals surface area contributed by atoms with Crippen LogP contribution in [0.1, 0.15) is 30.7 Å². The van der Waals surface area contributed by atoms with Gasteiger partial charge in [-0.05, 0) is 31.0 Å². The standard InChI is InChI=1S/C14H17N3O.C2H6/c1-10-4-6-13(17-11(10)2)15-8-12-5-7-14(18-3)16-9-12;1-2/h4-7,9H,8H2,1-3H3,(H,15,17);1-2H3. The average molecular weight is 273 g/mol. The highest BCUT2D eigenvalue weighted by Crippen LogP contribution is 2.11. The highest BCUT2D eigenvalue weighted by molar-refractivity contribution is 5.38. The molecule has 2 aromatic rings. The van der Waals surface area contributed by atoms with Crippen LogP contribution >= 0.6 is 0 Å². The maximum absolute atomic E-state index is 5.02. The number of hydrogen-bond donors (Lipinski definition) is 1.